The molecule has 2 aliphatic carbocycles. The lowest BCUT2D eigenvalue weighted by molar-refractivity contribution is 0.108. The SMILES string of the molecule is Cc1cc(CNC2C3(C)CCC(C3)C2(C)C)ccc1F. The summed E-state index contributed by atoms with van der Waals surface area (Å²) < 4.78 is 13.3. The fourth-order valence-corrected chi connectivity index (χ4v) is 4.85. The van der Waals surface area contributed by atoms with Crippen LogP contribution in [-0.4, -0.2) is 6.04 Å². The molecule has 2 heteroatoms. The highest BCUT2D eigenvalue weighted by Gasteiger charge is 2.58. The van der Waals surface area contributed by atoms with Crippen LogP contribution in [0.4, 0.5) is 4.39 Å². The summed E-state index contributed by atoms with van der Waals surface area (Å²) in [6, 6.07) is 6.02. The van der Waals surface area contributed by atoms with E-state index in [2.05, 4.69) is 26.1 Å². The first-order valence-electron chi connectivity index (χ1n) is 7.81. The minimum atomic E-state index is -0.110. The third kappa shape index (κ3) is 2.09. The highest BCUT2D eigenvalue weighted by atomic mass is 19.1. The number of fused-ring (bicyclic) bond motifs is 2. The summed E-state index contributed by atoms with van der Waals surface area (Å²) in [5.74, 6) is 0.751. The Morgan fingerprint density at radius 3 is 2.65 bits per heavy atom. The molecule has 2 fully saturated rings. The van der Waals surface area contributed by atoms with Crippen LogP contribution in [0.1, 0.15) is 51.2 Å². The Morgan fingerprint density at radius 2 is 2.05 bits per heavy atom. The molecule has 0 aliphatic heterocycles. The standard InChI is InChI=1S/C18H26FN/c1-12-9-13(5-6-15(12)19)11-20-16-17(2,3)14-7-8-18(16,4)10-14/h5-6,9,14,16,20H,7-8,10-11H2,1-4H3. The summed E-state index contributed by atoms with van der Waals surface area (Å²) in [5, 5.41) is 3.78. The van der Waals surface area contributed by atoms with Gasteiger partial charge < -0.3 is 5.32 Å². The van der Waals surface area contributed by atoms with E-state index in [-0.39, 0.29) is 5.82 Å². The Hall–Kier alpha value is -0.890. The van der Waals surface area contributed by atoms with Crippen molar-refractivity contribution >= 4 is 0 Å². The Morgan fingerprint density at radius 1 is 1.30 bits per heavy atom. The van der Waals surface area contributed by atoms with Crippen LogP contribution < -0.4 is 5.32 Å². The number of halogens is 1. The normalized spacial score (nSPS) is 34.6. The van der Waals surface area contributed by atoms with Gasteiger partial charge in [0.05, 0.1) is 0 Å². The molecule has 1 N–H and O–H groups in total. The molecule has 0 saturated heterocycles. The van der Waals surface area contributed by atoms with E-state index in [0.29, 0.717) is 16.9 Å². The van der Waals surface area contributed by atoms with Gasteiger partial charge in [-0.25, -0.2) is 4.39 Å². The average Bonchev–Trinajstić information content (AvgIpc) is 2.84. The van der Waals surface area contributed by atoms with Crippen LogP contribution >= 0.6 is 0 Å². The molecule has 2 saturated carbocycles. The van der Waals surface area contributed by atoms with Gasteiger partial charge in [0.1, 0.15) is 5.82 Å². The monoisotopic (exact) mass is 275 g/mol. The maximum atomic E-state index is 13.3. The number of aryl methyl sites for hydroxylation is 1. The molecule has 0 heterocycles. The summed E-state index contributed by atoms with van der Waals surface area (Å²) >= 11 is 0. The van der Waals surface area contributed by atoms with Crippen LogP contribution in [0.2, 0.25) is 0 Å². The zero-order valence-corrected chi connectivity index (χ0v) is 13.1. The predicted molar refractivity (Wildman–Crippen MR) is 81.0 cm³/mol. The number of benzene rings is 1. The van der Waals surface area contributed by atoms with Crippen LogP contribution in [0, 0.1) is 29.5 Å². The van der Waals surface area contributed by atoms with Crippen LogP contribution in [0.3, 0.4) is 0 Å². The van der Waals surface area contributed by atoms with Gasteiger partial charge in [0.25, 0.3) is 0 Å². The van der Waals surface area contributed by atoms with Gasteiger partial charge in [-0.2, -0.15) is 0 Å². The summed E-state index contributed by atoms with van der Waals surface area (Å²) in [6.45, 7) is 9.94. The second-order valence-corrected chi connectivity index (χ2v) is 7.81. The van der Waals surface area contributed by atoms with E-state index in [1.807, 2.05) is 19.1 Å². The number of hydrogen-bond donors (Lipinski definition) is 1. The van der Waals surface area contributed by atoms with E-state index in [1.165, 1.54) is 24.8 Å². The highest BCUT2D eigenvalue weighted by molar-refractivity contribution is 5.24. The molecule has 1 aromatic rings. The molecule has 3 atom stereocenters. The third-order valence-corrected chi connectivity index (χ3v) is 6.00. The molecule has 3 unspecified atom stereocenters. The van der Waals surface area contributed by atoms with Gasteiger partial charge in [0, 0.05) is 12.6 Å². The van der Waals surface area contributed by atoms with Crippen LogP contribution in [0.5, 0.6) is 0 Å². The molecule has 1 aromatic carbocycles. The number of nitrogens with one attached hydrogen (secondary N) is 1. The minimum Gasteiger partial charge on any atom is -0.309 e. The smallest absolute Gasteiger partial charge is 0.126 e. The van der Waals surface area contributed by atoms with E-state index in [9.17, 15) is 4.39 Å². The second kappa shape index (κ2) is 4.56. The first kappa shape index (κ1) is 14.1. The fourth-order valence-electron chi connectivity index (χ4n) is 4.85. The lowest BCUT2D eigenvalue weighted by Gasteiger charge is -2.43. The summed E-state index contributed by atoms with van der Waals surface area (Å²) in [5.41, 5.74) is 2.75. The Bertz CT molecular complexity index is 517. The van der Waals surface area contributed by atoms with Crippen molar-refractivity contribution in [3.05, 3.63) is 35.1 Å². The molecular formula is C18H26FN. The first-order chi connectivity index (χ1) is 9.33. The zero-order chi connectivity index (χ0) is 14.5. The Kier molecular flexibility index (Phi) is 3.20. The van der Waals surface area contributed by atoms with Crippen molar-refractivity contribution in [2.45, 2.75) is 59.5 Å². The topological polar surface area (TPSA) is 12.0 Å². The van der Waals surface area contributed by atoms with Gasteiger partial charge in [-0.1, -0.05) is 32.9 Å². The Labute approximate surface area is 122 Å². The minimum absolute atomic E-state index is 0.110. The van der Waals surface area contributed by atoms with Crippen molar-refractivity contribution in [2.24, 2.45) is 16.7 Å². The van der Waals surface area contributed by atoms with Crippen LogP contribution in [0.25, 0.3) is 0 Å². The van der Waals surface area contributed by atoms with E-state index in [0.717, 1.165) is 18.0 Å². The quantitative estimate of drug-likeness (QED) is 0.860. The van der Waals surface area contributed by atoms with Gasteiger partial charge in [0.2, 0.25) is 0 Å². The Balaban J connectivity index is 1.73. The molecule has 3 rings (SSSR count). The van der Waals surface area contributed by atoms with E-state index < -0.39 is 0 Å². The van der Waals surface area contributed by atoms with E-state index >= 15 is 0 Å². The van der Waals surface area contributed by atoms with Crippen molar-refractivity contribution in [2.75, 3.05) is 0 Å². The third-order valence-electron chi connectivity index (χ3n) is 6.00. The van der Waals surface area contributed by atoms with Gasteiger partial charge in [-0.15, -0.1) is 0 Å². The summed E-state index contributed by atoms with van der Waals surface area (Å²) in [4.78, 5) is 0. The number of hydrogen-bond acceptors (Lipinski definition) is 1. The summed E-state index contributed by atoms with van der Waals surface area (Å²) in [7, 11) is 0. The second-order valence-electron chi connectivity index (χ2n) is 7.81. The van der Waals surface area contributed by atoms with Crippen LogP contribution in [0.15, 0.2) is 18.2 Å². The molecule has 0 spiro atoms. The van der Waals surface area contributed by atoms with Crippen molar-refractivity contribution in [1.82, 2.24) is 5.32 Å². The van der Waals surface area contributed by atoms with Crippen LogP contribution in [-0.2, 0) is 6.54 Å². The van der Waals surface area contributed by atoms with Crippen molar-refractivity contribution < 1.29 is 4.39 Å². The first-order valence-corrected chi connectivity index (χ1v) is 7.81. The molecule has 2 bridgehead atoms. The molecule has 110 valence electrons. The van der Waals surface area contributed by atoms with Gasteiger partial charge >= 0.3 is 0 Å². The molecule has 20 heavy (non-hydrogen) atoms. The van der Waals surface area contributed by atoms with E-state index in [4.69, 9.17) is 0 Å². The van der Waals surface area contributed by atoms with Gasteiger partial charge in [-0.05, 0) is 60.1 Å². The summed E-state index contributed by atoms with van der Waals surface area (Å²) in [6.07, 6.45) is 4.10. The average molecular weight is 275 g/mol. The number of rotatable bonds is 3. The zero-order valence-electron chi connectivity index (χ0n) is 13.1. The molecular weight excluding hydrogens is 249 g/mol. The molecule has 1 nitrogen and oxygen atoms in total. The largest absolute Gasteiger partial charge is 0.309 e. The molecule has 0 amide bonds. The molecule has 2 aliphatic rings. The van der Waals surface area contributed by atoms with Crippen molar-refractivity contribution in [1.29, 1.82) is 0 Å². The maximum absolute atomic E-state index is 13.3. The fraction of sp³-hybridized carbons (Fsp3) is 0.667. The highest BCUT2D eigenvalue weighted by Crippen LogP contribution is 2.62. The lowest BCUT2D eigenvalue weighted by Crippen LogP contribution is -2.49. The van der Waals surface area contributed by atoms with Gasteiger partial charge in [0.15, 0.2) is 0 Å². The predicted octanol–water partition coefficient (Wildman–Crippen LogP) is 4.44. The van der Waals surface area contributed by atoms with Crippen molar-refractivity contribution in [3.8, 4) is 0 Å². The maximum Gasteiger partial charge on any atom is 0.126 e. The van der Waals surface area contributed by atoms with Gasteiger partial charge in [-0.3, -0.25) is 0 Å². The molecule has 0 radical (unpaired) electrons. The lowest BCUT2D eigenvalue weighted by atomic mass is 9.68. The molecule has 0 aromatic heterocycles. The van der Waals surface area contributed by atoms with Crippen molar-refractivity contribution in [3.63, 3.8) is 0 Å². The van der Waals surface area contributed by atoms with E-state index in [1.54, 1.807) is 6.07 Å².